The van der Waals surface area contributed by atoms with Crippen molar-refractivity contribution in [3.8, 4) is 22.3 Å². The number of carbonyl (C=O) groups is 1. The van der Waals surface area contributed by atoms with E-state index < -0.39 is 0 Å². The second-order valence-corrected chi connectivity index (χ2v) is 9.10. The number of hydrogen-bond acceptors (Lipinski definition) is 4. The number of likely N-dealkylation sites (N-methyl/N-ethyl adjacent to an activating group) is 1. The Labute approximate surface area is 180 Å². The maximum Gasteiger partial charge on any atom is 0.263 e. The third-order valence-electron chi connectivity index (χ3n) is 5.80. The van der Waals surface area contributed by atoms with Crippen molar-refractivity contribution in [2.45, 2.75) is 13.0 Å². The summed E-state index contributed by atoms with van der Waals surface area (Å²) in [6.45, 7) is 2.11. The summed E-state index contributed by atoms with van der Waals surface area (Å²) in [6, 6.07) is 10.9. The Morgan fingerprint density at radius 3 is 2.83 bits per heavy atom. The average molecular weight is 417 g/mol. The van der Waals surface area contributed by atoms with Gasteiger partial charge in [0.25, 0.3) is 5.91 Å². The Morgan fingerprint density at radius 2 is 2.00 bits per heavy atom. The number of benzene rings is 1. The first kappa shape index (κ1) is 19.0. The van der Waals surface area contributed by atoms with E-state index in [2.05, 4.69) is 46.2 Å². The van der Waals surface area contributed by atoms with E-state index in [1.165, 1.54) is 28.0 Å². The lowest BCUT2D eigenvalue weighted by atomic mass is 9.95. The zero-order valence-corrected chi connectivity index (χ0v) is 18.2. The van der Waals surface area contributed by atoms with Gasteiger partial charge in [-0.25, -0.2) is 4.98 Å². The molecule has 0 aliphatic carbocycles. The molecule has 1 aliphatic rings. The molecule has 0 saturated heterocycles. The lowest BCUT2D eigenvalue weighted by Gasteiger charge is -2.25. The van der Waals surface area contributed by atoms with Crippen molar-refractivity contribution in [1.29, 1.82) is 0 Å². The van der Waals surface area contributed by atoms with E-state index >= 15 is 0 Å². The van der Waals surface area contributed by atoms with Crippen molar-refractivity contribution in [2.24, 2.45) is 0 Å². The van der Waals surface area contributed by atoms with Crippen molar-refractivity contribution in [3.05, 3.63) is 64.1 Å². The molecule has 30 heavy (non-hydrogen) atoms. The Bertz CT molecular complexity index is 1250. The number of rotatable bonds is 3. The van der Waals surface area contributed by atoms with Crippen LogP contribution < -0.4 is 0 Å². The molecule has 1 amide bonds. The highest BCUT2D eigenvalue weighted by Gasteiger charge is 2.16. The Morgan fingerprint density at radius 1 is 1.13 bits per heavy atom. The maximum absolute atomic E-state index is 12.3. The molecule has 152 valence electrons. The highest BCUT2D eigenvalue weighted by Crippen LogP contribution is 2.34. The number of pyridine rings is 1. The van der Waals surface area contributed by atoms with Crippen LogP contribution in [0.15, 0.2) is 48.1 Å². The predicted molar refractivity (Wildman–Crippen MR) is 123 cm³/mol. The van der Waals surface area contributed by atoms with Crippen molar-refractivity contribution in [1.82, 2.24) is 19.8 Å². The predicted octanol–water partition coefficient (Wildman–Crippen LogP) is 4.65. The summed E-state index contributed by atoms with van der Waals surface area (Å²) in [5, 5.41) is 3.12. The number of carbonyl (C=O) groups excluding carboxylic acids is 1. The molecule has 0 atom stereocenters. The van der Waals surface area contributed by atoms with Crippen LogP contribution in [-0.2, 0) is 13.0 Å². The van der Waals surface area contributed by atoms with Gasteiger partial charge in [0, 0.05) is 56.1 Å². The molecule has 0 spiro atoms. The first-order chi connectivity index (χ1) is 14.5. The molecule has 5 nitrogen and oxygen atoms in total. The molecule has 6 heteroatoms. The second-order valence-electron chi connectivity index (χ2n) is 8.19. The number of thiophene rings is 1. The number of aromatic amines is 1. The molecule has 0 bridgehead atoms. The number of amides is 1. The van der Waals surface area contributed by atoms with Crippen molar-refractivity contribution >= 4 is 28.3 Å². The molecule has 5 rings (SSSR count). The van der Waals surface area contributed by atoms with Crippen LogP contribution in [0.3, 0.4) is 0 Å². The summed E-state index contributed by atoms with van der Waals surface area (Å²) < 4.78 is 0. The molecular formula is C24H24N4OS. The molecule has 3 aromatic heterocycles. The van der Waals surface area contributed by atoms with Crippen LogP contribution in [0.5, 0.6) is 0 Å². The highest BCUT2D eigenvalue weighted by atomic mass is 32.1. The van der Waals surface area contributed by atoms with E-state index in [9.17, 15) is 4.79 Å². The van der Waals surface area contributed by atoms with Crippen LogP contribution >= 0.6 is 11.3 Å². The summed E-state index contributed by atoms with van der Waals surface area (Å²) in [4.78, 5) is 24.9. The van der Waals surface area contributed by atoms with Gasteiger partial charge in [0.2, 0.25) is 0 Å². The minimum atomic E-state index is 0.0314. The molecular weight excluding hydrogens is 392 g/mol. The van der Waals surface area contributed by atoms with Crippen molar-refractivity contribution in [2.75, 3.05) is 27.7 Å². The monoisotopic (exact) mass is 416 g/mol. The Kier molecular flexibility index (Phi) is 4.68. The molecule has 0 unspecified atom stereocenters. The summed E-state index contributed by atoms with van der Waals surface area (Å²) in [5.41, 5.74) is 8.13. The van der Waals surface area contributed by atoms with Crippen LogP contribution in [0.2, 0.25) is 0 Å². The van der Waals surface area contributed by atoms with Gasteiger partial charge in [-0.1, -0.05) is 12.1 Å². The van der Waals surface area contributed by atoms with Gasteiger partial charge in [-0.2, -0.15) is 0 Å². The van der Waals surface area contributed by atoms with E-state index in [1.807, 2.05) is 23.8 Å². The standard InChI is InChI=1S/C24H24N4OS/c1-27(2)24(29)22-10-19(14-30-22)21-12-26-23-20(21)9-17(11-25-23)16-5-4-15-6-7-28(3)13-18(15)8-16/h4-5,8-12,14H,6-7,13H2,1-3H3,(H,25,26). The number of hydrogen-bond donors (Lipinski definition) is 1. The van der Waals surface area contributed by atoms with Crippen molar-refractivity contribution < 1.29 is 4.79 Å². The van der Waals surface area contributed by atoms with E-state index in [4.69, 9.17) is 0 Å². The lowest BCUT2D eigenvalue weighted by Crippen LogP contribution is -2.26. The molecule has 0 radical (unpaired) electrons. The molecule has 1 aromatic carbocycles. The van der Waals surface area contributed by atoms with Crippen LogP contribution in [0.25, 0.3) is 33.3 Å². The maximum atomic E-state index is 12.3. The topological polar surface area (TPSA) is 52.2 Å². The quantitative estimate of drug-likeness (QED) is 0.529. The van der Waals surface area contributed by atoms with E-state index in [0.717, 1.165) is 52.1 Å². The van der Waals surface area contributed by atoms with E-state index in [0.29, 0.717) is 0 Å². The van der Waals surface area contributed by atoms with Gasteiger partial charge in [0.05, 0.1) is 4.88 Å². The van der Waals surface area contributed by atoms with Gasteiger partial charge < -0.3 is 14.8 Å². The van der Waals surface area contributed by atoms with Crippen LogP contribution in [0, 0.1) is 0 Å². The van der Waals surface area contributed by atoms with Crippen molar-refractivity contribution in [3.63, 3.8) is 0 Å². The third-order valence-corrected chi connectivity index (χ3v) is 6.72. The van der Waals surface area contributed by atoms with Gasteiger partial charge in [-0.15, -0.1) is 11.3 Å². The van der Waals surface area contributed by atoms with Gasteiger partial charge in [-0.05, 0) is 59.3 Å². The molecule has 4 aromatic rings. The number of fused-ring (bicyclic) bond motifs is 2. The fourth-order valence-electron chi connectivity index (χ4n) is 4.09. The molecule has 0 saturated carbocycles. The first-order valence-electron chi connectivity index (χ1n) is 10.1. The minimum Gasteiger partial charge on any atom is -0.346 e. The van der Waals surface area contributed by atoms with Gasteiger partial charge >= 0.3 is 0 Å². The zero-order valence-electron chi connectivity index (χ0n) is 17.4. The Balaban J connectivity index is 1.54. The van der Waals surface area contributed by atoms with Crippen LogP contribution in [-0.4, -0.2) is 53.4 Å². The van der Waals surface area contributed by atoms with E-state index in [-0.39, 0.29) is 5.91 Å². The number of H-pyrrole nitrogens is 1. The molecule has 4 heterocycles. The largest absolute Gasteiger partial charge is 0.346 e. The number of nitrogens with zero attached hydrogens (tertiary/aromatic N) is 3. The first-order valence-corrected chi connectivity index (χ1v) is 11.0. The van der Waals surface area contributed by atoms with Gasteiger partial charge in [0.1, 0.15) is 5.65 Å². The molecule has 1 N–H and O–H groups in total. The molecule has 0 fully saturated rings. The number of aromatic nitrogens is 2. The van der Waals surface area contributed by atoms with E-state index in [1.54, 1.807) is 19.0 Å². The fourth-order valence-corrected chi connectivity index (χ4v) is 5.02. The fraction of sp³-hybridized carbons (Fsp3) is 0.250. The zero-order chi connectivity index (χ0) is 20.8. The second kappa shape index (κ2) is 7.38. The van der Waals surface area contributed by atoms with Crippen LogP contribution in [0.4, 0.5) is 0 Å². The summed E-state index contributed by atoms with van der Waals surface area (Å²) in [5.74, 6) is 0.0314. The van der Waals surface area contributed by atoms with Crippen LogP contribution in [0.1, 0.15) is 20.8 Å². The SMILES string of the molecule is CN1CCc2ccc(-c3cnc4[nH]cc(-c5csc(C(=O)N(C)C)c5)c4c3)cc2C1. The normalized spacial score (nSPS) is 14.1. The number of nitrogens with one attached hydrogen (secondary N) is 1. The van der Waals surface area contributed by atoms with Gasteiger partial charge in [0.15, 0.2) is 0 Å². The van der Waals surface area contributed by atoms with Gasteiger partial charge in [-0.3, -0.25) is 4.79 Å². The summed E-state index contributed by atoms with van der Waals surface area (Å²) >= 11 is 1.48. The average Bonchev–Trinajstić information content (AvgIpc) is 3.39. The third kappa shape index (κ3) is 3.32. The molecule has 1 aliphatic heterocycles. The lowest BCUT2D eigenvalue weighted by molar-refractivity contribution is 0.0832. The highest BCUT2D eigenvalue weighted by molar-refractivity contribution is 7.12. The minimum absolute atomic E-state index is 0.0314. The summed E-state index contributed by atoms with van der Waals surface area (Å²) in [6.07, 6.45) is 5.03. The Hall–Kier alpha value is -2.96. The summed E-state index contributed by atoms with van der Waals surface area (Å²) in [7, 11) is 5.73. The smallest absolute Gasteiger partial charge is 0.263 e.